The van der Waals surface area contributed by atoms with Gasteiger partial charge in [-0.2, -0.15) is 0 Å². The SMILES string of the molecule is CCOCCO.[Ti]. The van der Waals surface area contributed by atoms with Gasteiger partial charge in [-0.3, -0.25) is 0 Å². The van der Waals surface area contributed by atoms with Gasteiger partial charge in [0.05, 0.1) is 13.2 Å². The van der Waals surface area contributed by atoms with Crippen molar-refractivity contribution in [1.29, 1.82) is 0 Å². The van der Waals surface area contributed by atoms with Gasteiger partial charge in [-0.25, -0.2) is 0 Å². The summed E-state index contributed by atoms with van der Waals surface area (Å²) in [6, 6.07) is 0. The largest absolute Gasteiger partial charge is 0.394 e. The van der Waals surface area contributed by atoms with Crippen LogP contribution in [0.1, 0.15) is 6.92 Å². The number of ether oxygens (including phenoxy) is 1. The molecule has 2 nitrogen and oxygen atoms in total. The molecule has 0 bridgehead atoms. The molecule has 0 saturated heterocycles. The predicted octanol–water partition coefficient (Wildman–Crippen LogP) is 0.0127. The summed E-state index contributed by atoms with van der Waals surface area (Å²) in [5.74, 6) is 0. The zero-order chi connectivity index (χ0) is 4.83. The van der Waals surface area contributed by atoms with Gasteiger partial charge in [0.1, 0.15) is 0 Å². The van der Waals surface area contributed by atoms with E-state index in [1.54, 1.807) is 0 Å². The molecule has 7 heavy (non-hydrogen) atoms. The van der Waals surface area contributed by atoms with Crippen LogP contribution in [0.25, 0.3) is 0 Å². The van der Waals surface area contributed by atoms with Gasteiger partial charge in [0.25, 0.3) is 0 Å². The van der Waals surface area contributed by atoms with Crippen LogP contribution < -0.4 is 0 Å². The van der Waals surface area contributed by atoms with E-state index in [1.165, 1.54) is 0 Å². The van der Waals surface area contributed by atoms with Gasteiger partial charge in [0, 0.05) is 28.3 Å². The number of rotatable bonds is 3. The maximum atomic E-state index is 8.07. The van der Waals surface area contributed by atoms with Crippen molar-refractivity contribution < 1.29 is 31.6 Å². The van der Waals surface area contributed by atoms with Crippen LogP contribution in [0, 0.1) is 0 Å². The Morgan fingerprint density at radius 3 is 2.29 bits per heavy atom. The van der Waals surface area contributed by atoms with Crippen molar-refractivity contribution >= 4 is 0 Å². The number of aliphatic hydroxyl groups excluding tert-OH is 1. The first-order valence-electron chi connectivity index (χ1n) is 2.10. The van der Waals surface area contributed by atoms with Crippen molar-refractivity contribution in [3.05, 3.63) is 0 Å². The molecular weight excluding hydrogens is 128 g/mol. The third-order valence-corrected chi connectivity index (χ3v) is 0.440. The monoisotopic (exact) mass is 138 g/mol. The van der Waals surface area contributed by atoms with Crippen LogP contribution in [0.5, 0.6) is 0 Å². The topological polar surface area (TPSA) is 29.5 Å². The van der Waals surface area contributed by atoms with Crippen LogP contribution in [0.4, 0.5) is 0 Å². The van der Waals surface area contributed by atoms with Crippen LogP contribution in [-0.2, 0) is 26.5 Å². The first-order valence-corrected chi connectivity index (χ1v) is 2.10. The molecule has 0 spiro atoms. The maximum absolute atomic E-state index is 8.07. The fraction of sp³-hybridized carbons (Fsp3) is 1.00. The summed E-state index contributed by atoms with van der Waals surface area (Å²) >= 11 is 0. The number of hydrogen-bond donors (Lipinski definition) is 1. The summed E-state index contributed by atoms with van der Waals surface area (Å²) in [5.41, 5.74) is 0. The normalized spacial score (nSPS) is 7.71. The van der Waals surface area contributed by atoms with Crippen LogP contribution in [0.2, 0.25) is 0 Å². The van der Waals surface area contributed by atoms with Crippen molar-refractivity contribution in [3.8, 4) is 0 Å². The quantitative estimate of drug-likeness (QED) is 0.439. The van der Waals surface area contributed by atoms with E-state index in [0.29, 0.717) is 13.2 Å². The van der Waals surface area contributed by atoms with Crippen LogP contribution in [-0.4, -0.2) is 24.9 Å². The molecule has 0 atom stereocenters. The number of hydrogen-bond acceptors (Lipinski definition) is 2. The summed E-state index contributed by atoms with van der Waals surface area (Å²) in [6.45, 7) is 3.20. The molecule has 0 radical (unpaired) electrons. The fourth-order valence-corrected chi connectivity index (χ4v) is 0.209. The third-order valence-electron chi connectivity index (χ3n) is 0.440. The number of aliphatic hydroxyl groups is 1. The van der Waals surface area contributed by atoms with Gasteiger partial charge in [0.15, 0.2) is 0 Å². The summed E-state index contributed by atoms with van der Waals surface area (Å²) in [7, 11) is 0. The zero-order valence-electron chi connectivity index (χ0n) is 4.48. The molecule has 0 aliphatic carbocycles. The average molecular weight is 138 g/mol. The van der Waals surface area contributed by atoms with E-state index in [9.17, 15) is 0 Å². The molecule has 1 N–H and O–H groups in total. The summed E-state index contributed by atoms with van der Waals surface area (Å²) < 4.78 is 4.73. The molecule has 3 heteroatoms. The van der Waals surface area contributed by atoms with Crippen LogP contribution >= 0.6 is 0 Å². The first-order chi connectivity index (χ1) is 2.91. The van der Waals surface area contributed by atoms with E-state index < -0.39 is 0 Å². The van der Waals surface area contributed by atoms with E-state index >= 15 is 0 Å². The summed E-state index contributed by atoms with van der Waals surface area (Å²) in [5, 5.41) is 8.07. The Balaban J connectivity index is 0. The Morgan fingerprint density at radius 2 is 2.14 bits per heavy atom. The van der Waals surface area contributed by atoms with Gasteiger partial charge < -0.3 is 9.84 Å². The Bertz CT molecular complexity index is 21.7. The predicted molar refractivity (Wildman–Crippen MR) is 23.6 cm³/mol. The van der Waals surface area contributed by atoms with E-state index in [2.05, 4.69) is 0 Å². The molecule has 0 aliphatic heterocycles. The smallest absolute Gasteiger partial charge is 0.0697 e. The maximum Gasteiger partial charge on any atom is 0.0697 e. The molecular formula is C4H10O2Ti. The molecule has 0 amide bonds. The van der Waals surface area contributed by atoms with Crippen LogP contribution in [0.15, 0.2) is 0 Å². The Morgan fingerprint density at radius 1 is 1.57 bits per heavy atom. The molecule has 0 fully saturated rings. The Labute approximate surface area is 58.7 Å². The van der Waals surface area contributed by atoms with Gasteiger partial charge in [-0.15, -0.1) is 0 Å². The molecule has 0 saturated carbocycles. The first kappa shape index (κ1) is 10.6. The Hall–Kier alpha value is 0.634. The molecule has 0 aromatic rings. The minimum absolute atomic E-state index is 0. The molecule has 0 unspecified atom stereocenters. The van der Waals surface area contributed by atoms with Crippen molar-refractivity contribution in [1.82, 2.24) is 0 Å². The van der Waals surface area contributed by atoms with E-state index in [0.717, 1.165) is 0 Å². The van der Waals surface area contributed by atoms with Crippen molar-refractivity contribution in [3.63, 3.8) is 0 Å². The molecule has 42 valence electrons. The summed E-state index contributed by atoms with van der Waals surface area (Å²) in [6.07, 6.45) is 0. The van der Waals surface area contributed by atoms with Crippen molar-refractivity contribution in [2.45, 2.75) is 6.92 Å². The second kappa shape index (κ2) is 9.81. The third kappa shape index (κ3) is 10.8. The van der Waals surface area contributed by atoms with E-state index in [1.807, 2.05) is 6.92 Å². The van der Waals surface area contributed by atoms with Crippen molar-refractivity contribution in [2.75, 3.05) is 19.8 Å². The fourth-order valence-electron chi connectivity index (χ4n) is 0.209. The second-order valence-corrected chi connectivity index (χ2v) is 0.921. The van der Waals surface area contributed by atoms with Gasteiger partial charge >= 0.3 is 0 Å². The van der Waals surface area contributed by atoms with E-state index in [4.69, 9.17) is 9.84 Å². The zero-order valence-corrected chi connectivity index (χ0v) is 6.04. The van der Waals surface area contributed by atoms with Crippen LogP contribution in [0.3, 0.4) is 0 Å². The van der Waals surface area contributed by atoms with Gasteiger partial charge in [0.2, 0.25) is 0 Å². The molecule has 0 aromatic carbocycles. The standard InChI is InChI=1S/C4H10O2.Ti/c1-2-6-4-3-5;/h5H,2-4H2,1H3;. The minimum Gasteiger partial charge on any atom is -0.394 e. The molecule has 0 aliphatic rings. The van der Waals surface area contributed by atoms with Gasteiger partial charge in [-0.1, -0.05) is 0 Å². The second-order valence-electron chi connectivity index (χ2n) is 0.921. The van der Waals surface area contributed by atoms with Gasteiger partial charge in [-0.05, 0) is 6.92 Å². The molecule has 0 aromatic heterocycles. The molecule has 0 rings (SSSR count). The van der Waals surface area contributed by atoms with Crippen molar-refractivity contribution in [2.24, 2.45) is 0 Å². The van der Waals surface area contributed by atoms with E-state index in [-0.39, 0.29) is 28.3 Å². The summed E-state index contributed by atoms with van der Waals surface area (Å²) in [4.78, 5) is 0. The Kier molecular flexibility index (Phi) is 14.8. The molecule has 0 heterocycles. The minimum atomic E-state index is 0. The average Bonchev–Trinajstić information content (AvgIpc) is 1.61.